The quantitative estimate of drug-likeness (QED) is 0.324. The number of methoxy groups -OCH3 is 1. The fraction of sp³-hybridized carbons (Fsp3) is 0.955. The van der Waals surface area contributed by atoms with Crippen molar-refractivity contribution < 1.29 is 14.0 Å². The Balaban J connectivity index is 2.63. The van der Waals surface area contributed by atoms with E-state index in [9.17, 15) is 4.79 Å². The van der Waals surface area contributed by atoms with Crippen molar-refractivity contribution in [3.05, 3.63) is 0 Å². The van der Waals surface area contributed by atoms with E-state index in [2.05, 4.69) is 50.8 Å². The summed E-state index contributed by atoms with van der Waals surface area (Å²) in [7, 11) is 0.0874. The summed E-state index contributed by atoms with van der Waals surface area (Å²) >= 11 is 0. The van der Waals surface area contributed by atoms with E-state index in [1.165, 1.54) is 0 Å². The number of nitrogens with zero attached hydrogens (tertiary/aromatic N) is 2. The molecule has 2 atom stereocenters. The van der Waals surface area contributed by atoms with Crippen LogP contribution in [-0.2, 0) is 14.0 Å². The summed E-state index contributed by atoms with van der Waals surface area (Å²) in [6.07, 6.45) is 7.61. The van der Waals surface area contributed by atoms with Crippen LogP contribution in [0.15, 0.2) is 0 Å². The highest BCUT2D eigenvalue weighted by atomic mass is 28.4. The van der Waals surface area contributed by atoms with Crippen molar-refractivity contribution in [3.63, 3.8) is 0 Å². The van der Waals surface area contributed by atoms with Crippen LogP contribution in [0.1, 0.15) is 79.6 Å². The van der Waals surface area contributed by atoms with Gasteiger partial charge in [-0.05, 0) is 56.7 Å². The van der Waals surface area contributed by atoms with Gasteiger partial charge in [-0.2, -0.15) is 0 Å². The molecule has 0 bridgehead atoms. The zero-order chi connectivity index (χ0) is 21.4. The van der Waals surface area contributed by atoms with Crippen LogP contribution in [0.2, 0.25) is 18.1 Å². The molecule has 6 heteroatoms. The Morgan fingerprint density at radius 1 is 1.25 bits per heavy atom. The Labute approximate surface area is 175 Å². The van der Waals surface area contributed by atoms with E-state index in [-0.39, 0.29) is 17.0 Å². The van der Waals surface area contributed by atoms with Crippen LogP contribution in [0.5, 0.6) is 0 Å². The largest absolute Gasteiger partial charge is 0.417 e. The number of ether oxygens (including phenoxy) is 1. The molecule has 1 aliphatic heterocycles. The molecule has 1 saturated heterocycles. The molecule has 0 N–H and O–H groups in total. The maximum absolute atomic E-state index is 12.6. The van der Waals surface area contributed by atoms with Crippen molar-refractivity contribution in [1.29, 1.82) is 0 Å². The van der Waals surface area contributed by atoms with E-state index in [4.69, 9.17) is 9.16 Å². The Bertz CT molecular complexity index is 465. The lowest BCUT2D eigenvalue weighted by atomic mass is 10.0. The molecule has 5 nitrogen and oxygen atoms in total. The maximum Gasteiger partial charge on any atom is 0.234 e. The zero-order valence-corrected chi connectivity index (χ0v) is 20.8. The summed E-state index contributed by atoms with van der Waals surface area (Å²) in [6, 6.07) is 0.614. The molecule has 0 radical (unpaired) electrons. The number of unbranched alkanes of at least 4 members (excludes halogenated alkanes) is 1. The number of carbonyl (C=O) groups is 1. The lowest BCUT2D eigenvalue weighted by molar-refractivity contribution is -0.158. The van der Waals surface area contributed by atoms with Crippen LogP contribution in [0.25, 0.3) is 0 Å². The normalized spacial score (nSPS) is 19.8. The summed E-state index contributed by atoms with van der Waals surface area (Å²) in [6.45, 7) is 17.9. The summed E-state index contributed by atoms with van der Waals surface area (Å²) in [5.74, 6) is 0.166. The third-order valence-electron chi connectivity index (χ3n) is 6.47. The van der Waals surface area contributed by atoms with Gasteiger partial charge >= 0.3 is 0 Å². The average Bonchev–Trinajstić information content (AvgIpc) is 3.01. The third kappa shape index (κ3) is 7.43. The molecular weight excluding hydrogens is 368 g/mol. The van der Waals surface area contributed by atoms with Crippen molar-refractivity contribution >= 4 is 14.2 Å². The summed E-state index contributed by atoms with van der Waals surface area (Å²) in [5.41, 5.74) is 0. The van der Waals surface area contributed by atoms with Gasteiger partial charge in [-0.25, -0.2) is 5.01 Å². The highest BCUT2D eigenvalue weighted by Gasteiger charge is 2.37. The standard InChI is InChI=1S/C22H46N2O3Si/c1-9-13-20(14-10-11-17-27-28(7,8)22(3,4)5)24(19(2)25)23-16-12-15-21(23)18-26-6/h20-21H,9-18H2,1-8H3/t20-,21-/m0/s1. The second-order valence-corrected chi connectivity index (χ2v) is 14.6. The molecule has 1 rings (SSSR count). The number of amides is 1. The molecule has 0 aromatic rings. The predicted octanol–water partition coefficient (Wildman–Crippen LogP) is 5.22. The molecule has 0 aliphatic carbocycles. The highest BCUT2D eigenvalue weighted by Crippen LogP contribution is 2.36. The molecular formula is C22H46N2O3Si. The monoisotopic (exact) mass is 414 g/mol. The van der Waals surface area contributed by atoms with Gasteiger partial charge in [0.05, 0.1) is 12.6 Å². The van der Waals surface area contributed by atoms with Crippen molar-refractivity contribution in [2.24, 2.45) is 0 Å². The van der Waals surface area contributed by atoms with E-state index < -0.39 is 8.32 Å². The molecule has 1 heterocycles. The predicted molar refractivity (Wildman–Crippen MR) is 120 cm³/mol. The Kier molecular flexibility index (Phi) is 10.7. The lowest BCUT2D eigenvalue weighted by Gasteiger charge is -2.41. The van der Waals surface area contributed by atoms with Crippen LogP contribution in [0.3, 0.4) is 0 Å². The van der Waals surface area contributed by atoms with Gasteiger partial charge in [0.1, 0.15) is 0 Å². The molecule has 0 saturated carbocycles. The van der Waals surface area contributed by atoms with Crippen LogP contribution in [-0.4, -0.2) is 63.2 Å². The van der Waals surface area contributed by atoms with Gasteiger partial charge in [-0.3, -0.25) is 9.80 Å². The molecule has 0 aromatic heterocycles. The number of carbonyl (C=O) groups excluding carboxylic acids is 1. The Morgan fingerprint density at radius 2 is 1.93 bits per heavy atom. The minimum Gasteiger partial charge on any atom is -0.417 e. The number of hydrogen-bond donors (Lipinski definition) is 0. The number of rotatable bonds is 12. The number of hydrogen-bond acceptors (Lipinski definition) is 4. The highest BCUT2D eigenvalue weighted by molar-refractivity contribution is 6.74. The smallest absolute Gasteiger partial charge is 0.234 e. The van der Waals surface area contributed by atoms with Gasteiger partial charge in [-0.15, -0.1) is 0 Å². The van der Waals surface area contributed by atoms with E-state index in [1.807, 2.05) is 0 Å². The molecule has 0 aromatic carbocycles. The molecule has 166 valence electrons. The van der Waals surface area contributed by atoms with Gasteiger partial charge in [-0.1, -0.05) is 34.1 Å². The summed E-state index contributed by atoms with van der Waals surface area (Å²) < 4.78 is 11.7. The van der Waals surface area contributed by atoms with E-state index in [0.717, 1.165) is 58.1 Å². The maximum atomic E-state index is 12.6. The molecule has 1 fully saturated rings. The Hall–Kier alpha value is -0.433. The Morgan fingerprint density at radius 3 is 2.46 bits per heavy atom. The average molecular weight is 415 g/mol. The molecule has 1 aliphatic rings. The first kappa shape index (κ1) is 25.6. The minimum atomic E-state index is -1.66. The van der Waals surface area contributed by atoms with E-state index in [0.29, 0.717) is 12.6 Å². The molecule has 0 unspecified atom stereocenters. The second-order valence-electron chi connectivity index (χ2n) is 9.83. The van der Waals surface area contributed by atoms with Crippen molar-refractivity contribution in [3.8, 4) is 0 Å². The first-order chi connectivity index (χ1) is 13.0. The molecule has 1 amide bonds. The van der Waals surface area contributed by atoms with Gasteiger partial charge in [0.25, 0.3) is 0 Å². The van der Waals surface area contributed by atoms with Crippen molar-refractivity contribution in [2.45, 2.75) is 110 Å². The molecule has 0 spiro atoms. The van der Waals surface area contributed by atoms with Gasteiger partial charge in [0, 0.05) is 33.2 Å². The van der Waals surface area contributed by atoms with Gasteiger partial charge in [0.2, 0.25) is 5.91 Å². The summed E-state index contributed by atoms with van der Waals surface area (Å²) in [5, 5.41) is 4.61. The summed E-state index contributed by atoms with van der Waals surface area (Å²) in [4.78, 5) is 12.6. The SMILES string of the molecule is CCC[C@@H](CCCCO[Si](C)(C)C(C)(C)C)N(C(C)=O)N1CCC[C@H]1COC. The third-order valence-corrected chi connectivity index (χ3v) is 11.0. The first-order valence-corrected chi connectivity index (χ1v) is 14.1. The van der Waals surface area contributed by atoms with Crippen molar-refractivity contribution in [2.75, 3.05) is 26.9 Å². The fourth-order valence-electron chi connectivity index (χ4n) is 3.86. The second kappa shape index (κ2) is 11.7. The number of hydrazine groups is 1. The van der Waals surface area contributed by atoms with Gasteiger partial charge < -0.3 is 9.16 Å². The van der Waals surface area contributed by atoms with Crippen LogP contribution in [0, 0.1) is 0 Å². The van der Waals surface area contributed by atoms with E-state index >= 15 is 0 Å². The zero-order valence-electron chi connectivity index (χ0n) is 19.8. The van der Waals surface area contributed by atoms with Gasteiger partial charge in [0.15, 0.2) is 8.32 Å². The fourth-order valence-corrected chi connectivity index (χ4v) is 4.95. The van der Waals surface area contributed by atoms with Crippen LogP contribution in [0.4, 0.5) is 0 Å². The lowest BCUT2D eigenvalue weighted by Crippen LogP contribution is -2.54. The van der Waals surface area contributed by atoms with E-state index in [1.54, 1.807) is 14.0 Å². The minimum absolute atomic E-state index is 0.166. The van der Waals surface area contributed by atoms with Crippen LogP contribution < -0.4 is 0 Å². The van der Waals surface area contributed by atoms with Crippen molar-refractivity contribution in [1.82, 2.24) is 10.0 Å². The molecule has 28 heavy (non-hydrogen) atoms. The first-order valence-electron chi connectivity index (χ1n) is 11.2. The topological polar surface area (TPSA) is 42.0 Å². The van der Waals surface area contributed by atoms with Crippen LogP contribution >= 0.6 is 0 Å².